The van der Waals surface area contributed by atoms with Crippen molar-refractivity contribution in [2.75, 3.05) is 6.61 Å². The second kappa shape index (κ2) is 8.22. The molecule has 1 aliphatic heterocycles. The third-order valence-corrected chi connectivity index (χ3v) is 4.91. The summed E-state index contributed by atoms with van der Waals surface area (Å²) in [7, 11) is 0. The SMILES string of the molecule is Cc1ccc(OCc2cn([C@@H]3[C@H](O)[C@@H](CO)O[C@H]3n3ccc(=O)[nH]c3=O)nn2)cc1. The zero-order valence-corrected chi connectivity index (χ0v) is 16.1. The van der Waals surface area contributed by atoms with Crippen LogP contribution in [0.4, 0.5) is 0 Å². The molecule has 158 valence electrons. The summed E-state index contributed by atoms with van der Waals surface area (Å²) < 4.78 is 13.9. The van der Waals surface area contributed by atoms with Gasteiger partial charge in [-0.1, -0.05) is 22.9 Å². The molecular formula is C19H21N5O6. The maximum atomic E-state index is 12.2. The van der Waals surface area contributed by atoms with Crippen molar-refractivity contribution in [3.05, 3.63) is 74.8 Å². The summed E-state index contributed by atoms with van der Waals surface area (Å²) in [5.41, 5.74) is 0.362. The van der Waals surface area contributed by atoms with Crippen LogP contribution in [-0.2, 0) is 11.3 Å². The number of aromatic amines is 1. The summed E-state index contributed by atoms with van der Waals surface area (Å²) in [6.45, 7) is 1.68. The monoisotopic (exact) mass is 415 g/mol. The number of hydrogen-bond donors (Lipinski definition) is 3. The highest BCUT2D eigenvalue weighted by Crippen LogP contribution is 2.37. The third kappa shape index (κ3) is 3.90. The van der Waals surface area contributed by atoms with Crippen molar-refractivity contribution in [3.8, 4) is 5.75 Å². The molecule has 0 aliphatic carbocycles. The van der Waals surface area contributed by atoms with Crippen LogP contribution < -0.4 is 16.0 Å². The van der Waals surface area contributed by atoms with E-state index in [1.807, 2.05) is 31.2 Å². The van der Waals surface area contributed by atoms with E-state index in [-0.39, 0.29) is 6.61 Å². The number of ether oxygens (including phenoxy) is 2. The lowest BCUT2D eigenvalue weighted by atomic mass is 10.1. The van der Waals surface area contributed by atoms with Crippen LogP contribution in [0.1, 0.15) is 23.5 Å². The minimum Gasteiger partial charge on any atom is -0.487 e. The smallest absolute Gasteiger partial charge is 0.330 e. The van der Waals surface area contributed by atoms with Gasteiger partial charge in [-0.25, -0.2) is 9.48 Å². The number of H-pyrrole nitrogens is 1. The Morgan fingerprint density at radius 2 is 2.00 bits per heavy atom. The molecule has 0 radical (unpaired) electrons. The zero-order chi connectivity index (χ0) is 21.3. The molecule has 4 rings (SSSR count). The van der Waals surface area contributed by atoms with Crippen molar-refractivity contribution in [1.29, 1.82) is 0 Å². The van der Waals surface area contributed by atoms with Gasteiger partial charge in [-0.05, 0) is 19.1 Å². The molecule has 0 bridgehead atoms. The first-order chi connectivity index (χ1) is 14.5. The van der Waals surface area contributed by atoms with E-state index in [0.717, 1.165) is 10.1 Å². The number of aliphatic hydroxyl groups excluding tert-OH is 2. The van der Waals surface area contributed by atoms with Gasteiger partial charge in [0.05, 0.1) is 12.8 Å². The van der Waals surface area contributed by atoms with Crippen LogP contribution in [0.5, 0.6) is 5.75 Å². The number of nitrogens with zero attached hydrogens (tertiary/aromatic N) is 4. The highest BCUT2D eigenvalue weighted by atomic mass is 16.5. The molecule has 0 unspecified atom stereocenters. The molecule has 1 aliphatic rings. The highest BCUT2D eigenvalue weighted by molar-refractivity contribution is 5.26. The van der Waals surface area contributed by atoms with Crippen LogP contribution >= 0.6 is 0 Å². The quantitative estimate of drug-likeness (QED) is 0.489. The number of hydrogen-bond acceptors (Lipinski definition) is 8. The Morgan fingerprint density at radius 1 is 1.23 bits per heavy atom. The molecule has 3 heterocycles. The van der Waals surface area contributed by atoms with Gasteiger partial charge in [-0.15, -0.1) is 5.10 Å². The first-order valence-electron chi connectivity index (χ1n) is 9.32. The number of aryl methyl sites for hydroxylation is 1. The van der Waals surface area contributed by atoms with E-state index in [1.54, 1.807) is 6.20 Å². The van der Waals surface area contributed by atoms with Crippen LogP contribution in [0.2, 0.25) is 0 Å². The van der Waals surface area contributed by atoms with Crippen LogP contribution in [0.3, 0.4) is 0 Å². The Kier molecular flexibility index (Phi) is 5.48. The van der Waals surface area contributed by atoms with Crippen LogP contribution in [0.15, 0.2) is 52.3 Å². The second-order valence-electron chi connectivity index (χ2n) is 7.04. The lowest BCUT2D eigenvalue weighted by Gasteiger charge is -2.21. The van der Waals surface area contributed by atoms with Gasteiger partial charge in [0.15, 0.2) is 6.23 Å². The van der Waals surface area contributed by atoms with Crippen LogP contribution in [0.25, 0.3) is 0 Å². The van der Waals surface area contributed by atoms with E-state index < -0.39 is 42.3 Å². The average Bonchev–Trinajstić information content (AvgIpc) is 3.31. The Morgan fingerprint density at radius 3 is 2.70 bits per heavy atom. The molecule has 11 heteroatoms. The summed E-state index contributed by atoms with van der Waals surface area (Å²) in [5, 5.41) is 28.3. The molecule has 3 N–H and O–H groups in total. The van der Waals surface area contributed by atoms with Crippen LogP contribution in [-0.4, -0.2) is 53.6 Å². The first-order valence-corrected chi connectivity index (χ1v) is 9.32. The topological polar surface area (TPSA) is 144 Å². The van der Waals surface area contributed by atoms with Crippen LogP contribution in [0, 0.1) is 6.92 Å². The summed E-state index contributed by atoms with van der Waals surface area (Å²) in [5.74, 6) is 0.678. The van der Waals surface area contributed by atoms with E-state index in [1.165, 1.54) is 16.9 Å². The number of rotatable bonds is 6. The number of aromatic nitrogens is 5. The first kappa shape index (κ1) is 20.0. The van der Waals surface area contributed by atoms with E-state index in [0.29, 0.717) is 11.4 Å². The Balaban J connectivity index is 1.57. The fourth-order valence-corrected chi connectivity index (χ4v) is 3.34. The molecule has 11 nitrogen and oxygen atoms in total. The lowest BCUT2D eigenvalue weighted by Crippen LogP contribution is -2.36. The standard InChI is InChI=1S/C19H21N5O6/c1-11-2-4-13(5-3-11)29-10-12-8-24(22-21-12)16-17(27)14(9-25)30-18(16)23-7-6-15(26)20-19(23)28/h2-8,14,16-18,25,27H,9-10H2,1H3,(H,20,26,28)/t14-,16-,17-,18-/m1/s1. The van der Waals surface area contributed by atoms with Gasteiger partial charge in [0.2, 0.25) is 0 Å². The summed E-state index contributed by atoms with van der Waals surface area (Å²) in [6, 6.07) is 7.87. The van der Waals surface area contributed by atoms with E-state index in [2.05, 4.69) is 15.3 Å². The van der Waals surface area contributed by atoms with Crippen molar-refractivity contribution >= 4 is 0 Å². The number of aliphatic hydroxyl groups is 2. The molecule has 30 heavy (non-hydrogen) atoms. The Labute approximate surface area is 170 Å². The maximum Gasteiger partial charge on any atom is 0.330 e. The van der Waals surface area contributed by atoms with Crippen molar-refractivity contribution < 1.29 is 19.7 Å². The van der Waals surface area contributed by atoms with Gasteiger partial charge in [0.1, 0.15) is 36.3 Å². The molecule has 1 aromatic carbocycles. The molecule has 2 aromatic heterocycles. The maximum absolute atomic E-state index is 12.2. The van der Waals surface area contributed by atoms with Gasteiger partial charge in [-0.2, -0.15) is 0 Å². The summed E-state index contributed by atoms with van der Waals surface area (Å²) in [6.07, 6.45) is -0.255. The predicted octanol–water partition coefficient (Wildman–Crippen LogP) is -0.493. The van der Waals surface area contributed by atoms with Crippen molar-refractivity contribution in [2.45, 2.75) is 38.0 Å². The zero-order valence-electron chi connectivity index (χ0n) is 16.1. The molecular weight excluding hydrogens is 394 g/mol. The predicted molar refractivity (Wildman–Crippen MR) is 103 cm³/mol. The largest absolute Gasteiger partial charge is 0.487 e. The van der Waals surface area contributed by atoms with E-state index in [4.69, 9.17) is 9.47 Å². The number of benzene rings is 1. The van der Waals surface area contributed by atoms with Crippen molar-refractivity contribution in [3.63, 3.8) is 0 Å². The van der Waals surface area contributed by atoms with E-state index >= 15 is 0 Å². The molecule has 1 fully saturated rings. The molecule has 3 aromatic rings. The average molecular weight is 415 g/mol. The van der Waals surface area contributed by atoms with Gasteiger partial charge < -0.3 is 19.7 Å². The Hall–Kier alpha value is -3.28. The highest BCUT2D eigenvalue weighted by Gasteiger charge is 2.46. The molecule has 0 spiro atoms. The minimum absolute atomic E-state index is 0.152. The minimum atomic E-state index is -1.16. The van der Waals surface area contributed by atoms with Crippen molar-refractivity contribution in [2.24, 2.45) is 0 Å². The summed E-state index contributed by atoms with van der Waals surface area (Å²) in [4.78, 5) is 25.7. The second-order valence-corrected chi connectivity index (χ2v) is 7.04. The van der Waals surface area contributed by atoms with Crippen molar-refractivity contribution in [1.82, 2.24) is 24.5 Å². The fraction of sp³-hybridized carbons (Fsp3) is 0.368. The normalized spacial score (nSPS) is 23.6. The summed E-state index contributed by atoms with van der Waals surface area (Å²) >= 11 is 0. The lowest BCUT2D eigenvalue weighted by molar-refractivity contribution is -0.0479. The molecule has 0 amide bonds. The van der Waals surface area contributed by atoms with Gasteiger partial charge in [0, 0.05) is 12.3 Å². The van der Waals surface area contributed by atoms with E-state index in [9.17, 15) is 19.8 Å². The van der Waals surface area contributed by atoms with Gasteiger partial charge in [-0.3, -0.25) is 14.3 Å². The van der Waals surface area contributed by atoms with Gasteiger partial charge >= 0.3 is 5.69 Å². The molecule has 1 saturated heterocycles. The fourth-order valence-electron chi connectivity index (χ4n) is 3.34. The Bertz CT molecular complexity index is 1120. The molecule has 4 atom stereocenters. The third-order valence-electron chi connectivity index (χ3n) is 4.91. The number of nitrogens with one attached hydrogen (secondary N) is 1. The van der Waals surface area contributed by atoms with Gasteiger partial charge in [0.25, 0.3) is 5.56 Å². The molecule has 0 saturated carbocycles.